The number of anilines is 1. The molecule has 5 unspecified atom stereocenters. The Morgan fingerprint density at radius 3 is 2.85 bits per heavy atom. The second-order valence-electron chi connectivity index (χ2n) is 10.5. The molecule has 4 nitrogen and oxygen atoms in total. The molecular weight excluding hydrogens is 541 g/mol. The second-order valence-corrected chi connectivity index (χ2v) is 13.9. The predicted octanol–water partition coefficient (Wildman–Crippen LogP) is 7.10. The molecule has 1 aliphatic heterocycles. The highest BCUT2D eigenvalue weighted by Crippen LogP contribution is 2.61. The maximum atomic E-state index is 13.4. The monoisotopic (exact) mass is 565 g/mol. The lowest BCUT2D eigenvalue weighted by molar-refractivity contribution is -0.119. The summed E-state index contributed by atoms with van der Waals surface area (Å²) in [6.45, 7) is 5.54. The van der Waals surface area contributed by atoms with Crippen molar-refractivity contribution in [3.8, 4) is 0 Å². The minimum Gasteiger partial charge on any atom is -0.351 e. The lowest BCUT2D eigenvalue weighted by Gasteiger charge is -2.60. The minimum atomic E-state index is -0.0361. The van der Waals surface area contributed by atoms with Crippen LogP contribution in [0, 0.1) is 29.1 Å². The fraction of sp³-hybridized carbons (Fsp3) is 0.520. The number of thiophene rings is 1. The van der Waals surface area contributed by atoms with Gasteiger partial charge in [-0.25, -0.2) is 0 Å². The van der Waals surface area contributed by atoms with E-state index < -0.39 is 0 Å². The zero-order valence-electron chi connectivity index (χ0n) is 18.6. The molecule has 5 aliphatic rings. The Hall–Kier alpha value is -1.08. The molecule has 3 saturated carbocycles. The van der Waals surface area contributed by atoms with Crippen LogP contribution in [0.4, 0.5) is 5.69 Å². The number of carbonyl (C=O) groups is 1. The third-order valence-electron chi connectivity index (χ3n) is 8.66. The summed E-state index contributed by atoms with van der Waals surface area (Å²) in [6, 6.07) is 7.58. The predicted molar refractivity (Wildman–Crippen MR) is 139 cm³/mol. The summed E-state index contributed by atoms with van der Waals surface area (Å²) in [6.07, 6.45) is 4.64. The number of fused-ring (bicyclic) bond motifs is 5. The van der Waals surface area contributed by atoms with E-state index in [2.05, 4.69) is 41.2 Å². The van der Waals surface area contributed by atoms with Crippen LogP contribution in [-0.2, 0) is 11.2 Å². The normalized spacial score (nSPS) is 31.0. The molecule has 1 amide bonds. The summed E-state index contributed by atoms with van der Waals surface area (Å²) in [5, 5.41) is 11.2. The first kappa shape index (κ1) is 22.4. The summed E-state index contributed by atoms with van der Waals surface area (Å²) >= 11 is 18.1. The molecule has 1 N–H and O–H groups in total. The summed E-state index contributed by atoms with van der Waals surface area (Å²) in [5.41, 5.74) is 3.04. The molecule has 2 heterocycles. The van der Waals surface area contributed by atoms with Crippen molar-refractivity contribution < 1.29 is 4.79 Å². The molecule has 8 heteroatoms. The molecule has 2 aromatic rings. The van der Waals surface area contributed by atoms with E-state index in [1.54, 1.807) is 17.4 Å². The maximum Gasteiger partial charge on any atom is 0.267 e. The first-order valence-electron chi connectivity index (χ1n) is 11.6. The highest BCUT2D eigenvalue weighted by molar-refractivity contribution is 9.11. The molecule has 2 bridgehead atoms. The number of amides is 1. The van der Waals surface area contributed by atoms with Crippen molar-refractivity contribution in [2.24, 2.45) is 34.2 Å². The van der Waals surface area contributed by atoms with Gasteiger partial charge in [0.05, 0.1) is 20.5 Å². The van der Waals surface area contributed by atoms with Gasteiger partial charge in [0.2, 0.25) is 0 Å². The van der Waals surface area contributed by atoms with Crippen LogP contribution in [0.25, 0.3) is 0 Å². The SMILES string of the molecule is CC1(C)C2CCC(CNC(=O)C3=NN(c4ccc(Cl)cc4Cl)C4c5cc(Br)sc5CC34)C1C2. The molecule has 0 saturated heterocycles. The minimum absolute atomic E-state index is 0.0250. The van der Waals surface area contributed by atoms with E-state index in [0.29, 0.717) is 27.1 Å². The maximum absolute atomic E-state index is 13.4. The van der Waals surface area contributed by atoms with Crippen LogP contribution < -0.4 is 10.3 Å². The van der Waals surface area contributed by atoms with Crippen LogP contribution in [0.5, 0.6) is 0 Å². The Balaban J connectivity index is 1.26. The fourth-order valence-corrected chi connectivity index (χ4v) is 9.06. The smallest absolute Gasteiger partial charge is 0.267 e. The number of hydrogen-bond acceptors (Lipinski definition) is 4. The number of rotatable bonds is 4. The van der Waals surface area contributed by atoms with Crippen molar-refractivity contribution in [1.82, 2.24) is 5.32 Å². The van der Waals surface area contributed by atoms with E-state index in [9.17, 15) is 4.79 Å². The van der Waals surface area contributed by atoms with Gasteiger partial charge < -0.3 is 5.32 Å². The average Bonchev–Trinajstić information content (AvgIpc) is 3.41. The van der Waals surface area contributed by atoms with E-state index in [1.807, 2.05) is 17.1 Å². The van der Waals surface area contributed by atoms with Crippen LogP contribution in [-0.4, -0.2) is 18.2 Å². The fourth-order valence-electron chi connectivity index (χ4n) is 6.75. The Morgan fingerprint density at radius 2 is 2.12 bits per heavy atom. The van der Waals surface area contributed by atoms with Gasteiger partial charge in [-0.05, 0) is 94.6 Å². The van der Waals surface area contributed by atoms with Crippen molar-refractivity contribution in [2.75, 3.05) is 11.6 Å². The van der Waals surface area contributed by atoms with E-state index in [-0.39, 0.29) is 17.9 Å². The van der Waals surface area contributed by atoms with Gasteiger partial charge in [0.15, 0.2) is 0 Å². The van der Waals surface area contributed by atoms with E-state index in [1.165, 1.54) is 29.7 Å². The van der Waals surface area contributed by atoms with Gasteiger partial charge in [-0.2, -0.15) is 5.10 Å². The van der Waals surface area contributed by atoms with Crippen molar-refractivity contribution in [2.45, 2.75) is 45.6 Å². The molecule has 5 atom stereocenters. The summed E-state index contributed by atoms with van der Waals surface area (Å²) in [5.74, 6) is 2.14. The first-order valence-corrected chi connectivity index (χ1v) is 14.0. The molecule has 4 aliphatic carbocycles. The van der Waals surface area contributed by atoms with Gasteiger partial charge >= 0.3 is 0 Å². The van der Waals surface area contributed by atoms with Crippen LogP contribution in [0.3, 0.4) is 0 Å². The molecular formula is C25H26BrCl2N3OS. The number of hydrazone groups is 1. The standard InChI is InChI=1S/C25H26BrCl2N3OS/c1-25(2)13-4-3-12(17(25)7-13)11-29-24(32)22-16-9-20-15(10-21(26)33-20)23(16)31(30-22)19-6-5-14(27)8-18(19)28/h5-6,8,10,12-13,16-17,23H,3-4,7,9,11H2,1-2H3,(H,29,32). The quantitative estimate of drug-likeness (QED) is 0.429. The average molecular weight is 567 g/mol. The third kappa shape index (κ3) is 3.50. The third-order valence-corrected chi connectivity index (χ3v) is 10.9. The van der Waals surface area contributed by atoms with Gasteiger partial charge in [0.25, 0.3) is 5.91 Å². The molecule has 3 fully saturated rings. The number of halogens is 3. The summed E-state index contributed by atoms with van der Waals surface area (Å²) in [4.78, 5) is 14.7. The van der Waals surface area contributed by atoms with Crippen LogP contribution in [0.1, 0.15) is 49.6 Å². The van der Waals surface area contributed by atoms with Gasteiger partial charge in [-0.3, -0.25) is 9.80 Å². The lowest BCUT2D eigenvalue weighted by Crippen LogP contribution is -2.55. The van der Waals surface area contributed by atoms with Crippen LogP contribution in [0.2, 0.25) is 10.0 Å². The molecule has 1 aromatic heterocycles. The molecule has 0 radical (unpaired) electrons. The highest BCUT2D eigenvalue weighted by atomic mass is 79.9. The van der Waals surface area contributed by atoms with Gasteiger partial charge in [0, 0.05) is 22.4 Å². The Bertz CT molecular complexity index is 1180. The highest BCUT2D eigenvalue weighted by Gasteiger charge is 2.54. The number of nitrogens with zero attached hydrogens (tertiary/aromatic N) is 2. The van der Waals surface area contributed by atoms with Gasteiger partial charge in [-0.15, -0.1) is 11.3 Å². The molecule has 0 spiro atoms. The molecule has 174 valence electrons. The van der Waals surface area contributed by atoms with E-state index >= 15 is 0 Å². The number of benzene rings is 1. The number of carbonyl (C=O) groups excluding carboxylic acids is 1. The van der Waals surface area contributed by atoms with Crippen LogP contribution >= 0.6 is 50.5 Å². The van der Waals surface area contributed by atoms with Crippen molar-refractivity contribution in [3.63, 3.8) is 0 Å². The topological polar surface area (TPSA) is 44.7 Å². The molecule has 1 aromatic carbocycles. The van der Waals surface area contributed by atoms with Gasteiger partial charge in [-0.1, -0.05) is 37.0 Å². The van der Waals surface area contributed by atoms with Crippen LogP contribution in [0.15, 0.2) is 33.2 Å². The molecule has 7 rings (SSSR count). The van der Waals surface area contributed by atoms with Crippen molar-refractivity contribution >= 4 is 67.8 Å². The first-order chi connectivity index (χ1) is 15.7. The summed E-state index contributed by atoms with van der Waals surface area (Å²) in [7, 11) is 0. The Morgan fingerprint density at radius 1 is 1.30 bits per heavy atom. The Kier molecular flexibility index (Phi) is 5.41. The van der Waals surface area contributed by atoms with E-state index in [4.69, 9.17) is 28.3 Å². The summed E-state index contributed by atoms with van der Waals surface area (Å²) < 4.78 is 1.10. The second kappa shape index (κ2) is 7.97. The number of hydrogen-bond donors (Lipinski definition) is 1. The van der Waals surface area contributed by atoms with Crippen molar-refractivity contribution in [1.29, 1.82) is 0 Å². The zero-order valence-corrected chi connectivity index (χ0v) is 22.5. The van der Waals surface area contributed by atoms with Crippen molar-refractivity contribution in [3.05, 3.63) is 48.5 Å². The molecule has 33 heavy (non-hydrogen) atoms. The van der Waals surface area contributed by atoms with Gasteiger partial charge in [0.1, 0.15) is 5.71 Å². The zero-order chi connectivity index (χ0) is 23.1. The number of nitrogens with one attached hydrogen (secondary N) is 1. The Labute approximate surface area is 216 Å². The largest absolute Gasteiger partial charge is 0.351 e. The lowest BCUT2D eigenvalue weighted by atomic mass is 9.45. The van der Waals surface area contributed by atoms with E-state index in [0.717, 1.165) is 34.3 Å².